The molecule has 0 atom stereocenters. The SMILES string of the molecule is CCOc1cc(/C=C2\C(=O)NC(=O)N(c3cccc(Cl)c3C)C2=O)ccc1OCC(=O)Nc1cccc(C)c1. The first-order valence-corrected chi connectivity index (χ1v) is 12.5. The lowest BCUT2D eigenvalue weighted by atomic mass is 10.1. The fourth-order valence-electron chi connectivity index (χ4n) is 3.95. The second-order valence-corrected chi connectivity index (χ2v) is 9.09. The number of aryl methyl sites for hydroxylation is 1. The summed E-state index contributed by atoms with van der Waals surface area (Å²) in [5.74, 6) is -1.34. The summed E-state index contributed by atoms with van der Waals surface area (Å²) in [6.07, 6.45) is 1.35. The first kappa shape index (κ1) is 27.4. The Kier molecular flexibility index (Phi) is 8.31. The molecule has 200 valence electrons. The van der Waals surface area contributed by atoms with Gasteiger partial charge in [0.15, 0.2) is 18.1 Å². The Morgan fingerprint density at radius 2 is 1.77 bits per heavy atom. The van der Waals surface area contributed by atoms with Gasteiger partial charge in [0.1, 0.15) is 5.57 Å². The van der Waals surface area contributed by atoms with E-state index in [0.29, 0.717) is 39.9 Å². The number of urea groups is 1. The minimum absolute atomic E-state index is 0.248. The Morgan fingerprint density at radius 3 is 2.51 bits per heavy atom. The summed E-state index contributed by atoms with van der Waals surface area (Å²) in [4.78, 5) is 51.7. The first-order valence-electron chi connectivity index (χ1n) is 12.1. The van der Waals surface area contributed by atoms with E-state index in [1.165, 1.54) is 6.08 Å². The van der Waals surface area contributed by atoms with E-state index in [2.05, 4.69) is 10.6 Å². The van der Waals surface area contributed by atoms with Crippen molar-refractivity contribution in [3.05, 3.63) is 87.9 Å². The standard InChI is InChI=1S/C29H26ClN3O6/c1-4-38-25-15-19(11-12-24(25)39-16-26(34)31-20-8-5-7-17(2)13-20)14-21-27(35)32-29(37)33(28(21)36)23-10-6-9-22(30)18(23)3/h5-15H,4,16H2,1-3H3,(H,31,34)(H,32,35,37)/b21-14+. The van der Waals surface area contributed by atoms with Crippen LogP contribution in [0.4, 0.5) is 16.2 Å². The van der Waals surface area contributed by atoms with Crippen molar-refractivity contribution in [3.8, 4) is 11.5 Å². The van der Waals surface area contributed by atoms with Crippen molar-refractivity contribution < 1.29 is 28.7 Å². The van der Waals surface area contributed by atoms with Crippen LogP contribution < -0.4 is 25.0 Å². The molecular weight excluding hydrogens is 522 g/mol. The molecule has 10 heteroatoms. The number of imide groups is 2. The van der Waals surface area contributed by atoms with E-state index in [0.717, 1.165) is 10.5 Å². The monoisotopic (exact) mass is 547 g/mol. The molecule has 5 amide bonds. The van der Waals surface area contributed by atoms with Gasteiger partial charge in [0.25, 0.3) is 17.7 Å². The Hall–Kier alpha value is -4.63. The zero-order valence-corrected chi connectivity index (χ0v) is 22.3. The van der Waals surface area contributed by atoms with Gasteiger partial charge in [-0.05, 0) is 79.9 Å². The summed E-state index contributed by atoms with van der Waals surface area (Å²) in [6, 6.07) is 16.1. The van der Waals surface area contributed by atoms with Gasteiger partial charge in [-0.1, -0.05) is 35.9 Å². The van der Waals surface area contributed by atoms with Gasteiger partial charge in [-0.25, -0.2) is 9.69 Å². The molecule has 0 unspecified atom stereocenters. The molecule has 9 nitrogen and oxygen atoms in total. The molecule has 39 heavy (non-hydrogen) atoms. The summed E-state index contributed by atoms with van der Waals surface area (Å²) < 4.78 is 11.4. The van der Waals surface area contributed by atoms with Crippen molar-refractivity contribution in [2.75, 3.05) is 23.4 Å². The van der Waals surface area contributed by atoms with E-state index in [4.69, 9.17) is 21.1 Å². The molecule has 1 aliphatic rings. The van der Waals surface area contributed by atoms with Crippen LogP contribution >= 0.6 is 11.6 Å². The predicted molar refractivity (Wildman–Crippen MR) is 148 cm³/mol. The number of amides is 5. The number of nitrogens with one attached hydrogen (secondary N) is 2. The largest absolute Gasteiger partial charge is 0.490 e. The number of barbiturate groups is 1. The lowest BCUT2D eigenvalue weighted by molar-refractivity contribution is -0.122. The summed E-state index contributed by atoms with van der Waals surface area (Å²) in [7, 11) is 0. The Bertz CT molecular complexity index is 1500. The number of ether oxygens (including phenoxy) is 2. The van der Waals surface area contributed by atoms with Crippen LogP contribution in [0.2, 0.25) is 5.02 Å². The molecule has 0 bridgehead atoms. The maximum Gasteiger partial charge on any atom is 0.335 e. The highest BCUT2D eigenvalue weighted by Crippen LogP contribution is 2.32. The Balaban J connectivity index is 1.55. The number of hydrogen-bond donors (Lipinski definition) is 2. The van der Waals surface area contributed by atoms with Gasteiger partial charge in [-0.2, -0.15) is 0 Å². The van der Waals surface area contributed by atoms with Gasteiger partial charge in [0.05, 0.1) is 12.3 Å². The number of halogens is 1. The van der Waals surface area contributed by atoms with E-state index in [9.17, 15) is 19.2 Å². The molecule has 0 spiro atoms. The van der Waals surface area contributed by atoms with Crippen LogP contribution in [0.5, 0.6) is 11.5 Å². The van der Waals surface area contributed by atoms with Crippen LogP contribution in [-0.2, 0) is 14.4 Å². The minimum atomic E-state index is -0.866. The summed E-state index contributed by atoms with van der Waals surface area (Å²) in [5.41, 5.74) is 2.66. The smallest absolute Gasteiger partial charge is 0.335 e. The molecule has 1 heterocycles. The first-order chi connectivity index (χ1) is 18.7. The average molecular weight is 548 g/mol. The average Bonchev–Trinajstić information content (AvgIpc) is 2.88. The van der Waals surface area contributed by atoms with Gasteiger partial charge >= 0.3 is 6.03 Å². The maximum atomic E-state index is 13.3. The topological polar surface area (TPSA) is 114 Å². The molecule has 3 aromatic rings. The molecule has 2 N–H and O–H groups in total. The molecule has 1 fully saturated rings. The third-order valence-electron chi connectivity index (χ3n) is 5.82. The Morgan fingerprint density at radius 1 is 1.00 bits per heavy atom. The number of benzene rings is 3. The number of carbonyl (C=O) groups is 4. The van der Waals surface area contributed by atoms with Crippen LogP contribution in [0, 0.1) is 13.8 Å². The highest BCUT2D eigenvalue weighted by molar-refractivity contribution is 6.40. The quantitative estimate of drug-likeness (QED) is 0.302. The summed E-state index contributed by atoms with van der Waals surface area (Å²) in [6.45, 7) is 5.43. The van der Waals surface area contributed by atoms with Crippen LogP contribution in [0.15, 0.2) is 66.2 Å². The molecule has 0 aromatic heterocycles. The van der Waals surface area contributed by atoms with Crippen LogP contribution in [0.1, 0.15) is 23.6 Å². The molecule has 0 radical (unpaired) electrons. The molecule has 4 rings (SSSR count). The van der Waals surface area contributed by atoms with Crippen LogP contribution in [0.3, 0.4) is 0 Å². The van der Waals surface area contributed by atoms with Crippen molar-refractivity contribution in [1.82, 2.24) is 5.32 Å². The number of carbonyl (C=O) groups excluding carboxylic acids is 4. The number of anilines is 2. The normalized spacial score (nSPS) is 14.3. The highest BCUT2D eigenvalue weighted by atomic mass is 35.5. The molecule has 0 saturated carbocycles. The van der Waals surface area contributed by atoms with Crippen molar-refractivity contribution in [1.29, 1.82) is 0 Å². The second-order valence-electron chi connectivity index (χ2n) is 8.69. The molecule has 1 saturated heterocycles. The zero-order chi connectivity index (χ0) is 28.1. The lowest BCUT2D eigenvalue weighted by Crippen LogP contribution is -2.54. The fraction of sp³-hybridized carbons (Fsp3) is 0.172. The molecular formula is C29H26ClN3O6. The van der Waals surface area contributed by atoms with E-state index in [1.54, 1.807) is 56.3 Å². The molecule has 3 aromatic carbocycles. The van der Waals surface area contributed by atoms with Crippen molar-refractivity contribution >= 4 is 52.8 Å². The van der Waals surface area contributed by atoms with Crippen molar-refractivity contribution in [2.24, 2.45) is 0 Å². The molecule has 0 aliphatic carbocycles. The molecule has 1 aliphatic heterocycles. The van der Waals surface area contributed by atoms with Crippen molar-refractivity contribution in [3.63, 3.8) is 0 Å². The maximum absolute atomic E-state index is 13.3. The van der Waals surface area contributed by atoms with Gasteiger partial charge in [-0.15, -0.1) is 0 Å². The highest BCUT2D eigenvalue weighted by Gasteiger charge is 2.37. The van der Waals surface area contributed by atoms with Gasteiger partial charge in [0.2, 0.25) is 0 Å². The van der Waals surface area contributed by atoms with E-state index >= 15 is 0 Å². The Labute approximate surface area is 230 Å². The predicted octanol–water partition coefficient (Wildman–Crippen LogP) is 5.04. The second kappa shape index (κ2) is 11.8. The van der Waals surface area contributed by atoms with Gasteiger partial charge < -0.3 is 14.8 Å². The van der Waals surface area contributed by atoms with Gasteiger partial charge in [-0.3, -0.25) is 19.7 Å². The van der Waals surface area contributed by atoms with E-state index in [-0.39, 0.29) is 23.8 Å². The lowest BCUT2D eigenvalue weighted by Gasteiger charge is -2.27. The number of hydrogen-bond acceptors (Lipinski definition) is 6. The summed E-state index contributed by atoms with van der Waals surface area (Å²) >= 11 is 6.18. The van der Waals surface area contributed by atoms with Crippen molar-refractivity contribution in [2.45, 2.75) is 20.8 Å². The zero-order valence-electron chi connectivity index (χ0n) is 21.5. The van der Waals surface area contributed by atoms with E-state index in [1.807, 2.05) is 25.1 Å². The third-order valence-corrected chi connectivity index (χ3v) is 6.23. The van der Waals surface area contributed by atoms with Gasteiger partial charge in [0, 0.05) is 10.7 Å². The van der Waals surface area contributed by atoms with Crippen LogP contribution in [0.25, 0.3) is 6.08 Å². The minimum Gasteiger partial charge on any atom is -0.490 e. The summed E-state index contributed by atoms with van der Waals surface area (Å²) in [5, 5.41) is 5.34. The van der Waals surface area contributed by atoms with E-state index < -0.39 is 17.8 Å². The third kappa shape index (κ3) is 6.27. The number of rotatable bonds is 8. The fourth-order valence-corrected chi connectivity index (χ4v) is 4.12. The number of nitrogens with zero attached hydrogens (tertiary/aromatic N) is 1. The van der Waals surface area contributed by atoms with Crippen LogP contribution in [-0.4, -0.2) is 37.0 Å².